The average Bonchev–Trinajstić information content (AvgIpc) is 3.85. The van der Waals surface area contributed by atoms with Gasteiger partial charge in [-0.1, -0.05) is 115 Å². The lowest BCUT2D eigenvalue weighted by atomic mass is 9.34. The van der Waals surface area contributed by atoms with Crippen LogP contribution in [0.25, 0.3) is 38.1 Å². The Balaban J connectivity index is 0.957. The summed E-state index contributed by atoms with van der Waals surface area (Å²) < 4.78 is 16.8. The van der Waals surface area contributed by atoms with E-state index in [0.717, 1.165) is 67.6 Å². The largest absolute Gasteiger partial charge is 0.458 e. The van der Waals surface area contributed by atoms with Crippen LogP contribution in [-0.2, 0) is 0 Å². The molecule has 0 radical (unpaired) electrons. The van der Waals surface area contributed by atoms with Gasteiger partial charge in [-0.15, -0.1) is 0 Å². The van der Waals surface area contributed by atoms with Crippen LogP contribution in [0, 0.1) is 0 Å². The topological polar surface area (TPSA) is 29.4 Å². The normalized spacial score (nSPS) is 14.0. The number of anilines is 6. The summed E-state index contributed by atoms with van der Waals surface area (Å²) in [5, 5.41) is 4.66. The Morgan fingerprint density at radius 3 is 1.26 bits per heavy atom. The highest BCUT2D eigenvalue weighted by atomic mass is 16.5. The van der Waals surface area contributed by atoms with Crippen LogP contribution in [0.1, 0.15) is 0 Å². The van der Waals surface area contributed by atoms with Gasteiger partial charge in [-0.2, -0.15) is 0 Å². The standard InChI is InChI=1S/C54H31B2N3O2/c1-3-14-32(15-4-1)57-40-22-9-7-20-36(40)55-38-28-30-42-48(53(38)60-46-26-12-24-44(57)50(46)55)34-18-11-19-35-49-43(59(42)52(34)35)31-29-39-54(49)61-47-27-13-25-45-51(47)56(39)37-21-8-10-23-41(37)58(45)33-16-5-2-6-17-33/h1-31H. The van der Waals surface area contributed by atoms with Gasteiger partial charge in [0.15, 0.2) is 0 Å². The van der Waals surface area contributed by atoms with Crippen LogP contribution < -0.4 is 52.1 Å². The van der Waals surface area contributed by atoms with Gasteiger partial charge in [0.2, 0.25) is 0 Å². The van der Waals surface area contributed by atoms with E-state index < -0.39 is 0 Å². The Labute approximate surface area is 351 Å². The van der Waals surface area contributed by atoms with Gasteiger partial charge in [-0.3, -0.25) is 0 Å². The van der Waals surface area contributed by atoms with Crippen LogP contribution in [0.4, 0.5) is 34.1 Å². The number of ether oxygens (including phenoxy) is 2. The lowest BCUT2D eigenvalue weighted by molar-refractivity contribution is 0.493. The Hall–Kier alpha value is -7.89. The molecule has 4 aliphatic rings. The summed E-state index contributed by atoms with van der Waals surface area (Å²) >= 11 is 0. The number of benzene rings is 9. The second-order valence-electron chi connectivity index (χ2n) is 16.7. The fourth-order valence-corrected chi connectivity index (χ4v) is 11.5. The van der Waals surface area contributed by atoms with Crippen molar-refractivity contribution in [3.8, 4) is 23.0 Å². The lowest BCUT2D eigenvalue weighted by Crippen LogP contribution is -2.59. The Morgan fingerprint density at radius 1 is 0.344 bits per heavy atom. The predicted molar refractivity (Wildman–Crippen MR) is 253 cm³/mol. The highest BCUT2D eigenvalue weighted by Gasteiger charge is 2.44. The number of rotatable bonds is 2. The van der Waals surface area contributed by atoms with Gasteiger partial charge in [0, 0.05) is 44.9 Å². The van der Waals surface area contributed by atoms with Gasteiger partial charge in [0.05, 0.1) is 27.3 Å². The third-order valence-electron chi connectivity index (χ3n) is 13.8. The molecule has 0 atom stereocenters. The van der Waals surface area contributed by atoms with Crippen molar-refractivity contribution in [2.24, 2.45) is 0 Å². The molecule has 0 saturated heterocycles. The number of aromatic nitrogens is 1. The molecule has 61 heavy (non-hydrogen) atoms. The van der Waals surface area contributed by atoms with E-state index in [2.05, 4.69) is 202 Å². The maximum Gasteiger partial charge on any atom is 0.256 e. The fourth-order valence-electron chi connectivity index (χ4n) is 11.5. The van der Waals surface area contributed by atoms with Gasteiger partial charge in [0.25, 0.3) is 13.4 Å². The second kappa shape index (κ2) is 11.4. The fraction of sp³-hybridized carbons (Fsp3) is 0. The number of para-hydroxylation sites is 5. The minimum atomic E-state index is 0.0221. The molecule has 11 aromatic rings. The number of fused-ring (bicyclic) bond motifs is 16. The molecule has 0 fully saturated rings. The molecule has 0 amide bonds. The van der Waals surface area contributed by atoms with E-state index in [1.165, 1.54) is 60.4 Å². The van der Waals surface area contributed by atoms with Crippen molar-refractivity contribution in [2.75, 3.05) is 9.80 Å². The Morgan fingerprint density at radius 2 is 0.770 bits per heavy atom. The van der Waals surface area contributed by atoms with Crippen LogP contribution in [0.15, 0.2) is 188 Å². The molecule has 5 nitrogen and oxygen atoms in total. The predicted octanol–water partition coefficient (Wildman–Crippen LogP) is 9.65. The molecule has 0 aliphatic carbocycles. The number of nitrogens with zero attached hydrogens (tertiary/aromatic N) is 3. The summed E-state index contributed by atoms with van der Waals surface area (Å²) in [6.07, 6.45) is 0. The molecule has 4 aliphatic heterocycles. The minimum Gasteiger partial charge on any atom is -0.458 e. The first-order valence-corrected chi connectivity index (χ1v) is 21.1. The van der Waals surface area contributed by atoms with Gasteiger partial charge in [-0.25, -0.2) is 0 Å². The summed E-state index contributed by atoms with van der Waals surface area (Å²) in [4.78, 5) is 4.77. The second-order valence-corrected chi connectivity index (χ2v) is 16.7. The van der Waals surface area contributed by atoms with Crippen molar-refractivity contribution < 1.29 is 9.47 Å². The molecule has 0 unspecified atom stereocenters. The Bertz CT molecular complexity index is 3460. The maximum atomic E-state index is 7.19. The van der Waals surface area contributed by atoms with Crippen molar-refractivity contribution in [1.29, 1.82) is 0 Å². The van der Waals surface area contributed by atoms with Crippen LogP contribution in [-0.4, -0.2) is 17.8 Å². The van der Waals surface area contributed by atoms with Crippen molar-refractivity contribution in [3.63, 3.8) is 0 Å². The zero-order valence-corrected chi connectivity index (χ0v) is 32.7. The van der Waals surface area contributed by atoms with E-state index in [4.69, 9.17) is 9.47 Å². The monoisotopic (exact) mass is 775 g/mol. The van der Waals surface area contributed by atoms with Crippen molar-refractivity contribution in [2.45, 2.75) is 0 Å². The molecular formula is C54H31B2N3O2. The zero-order valence-electron chi connectivity index (χ0n) is 32.7. The van der Waals surface area contributed by atoms with E-state index >= 15 is 0 Å². The smallest absolute Gasteiger partial charge is 0.256 e. The van der Waals surface area contributed by atoms with Gasteiger partial charge in [-0.05, 0) is 106 Å². The zero-order chi connectivity index (χ0) is 39.5. The van der Waals surface area contributed by atoms with E-state index in [1.807, 2.05) is 0 Å². The third-order valence-corrected chi connectivity index (χ3v) is 13.8. The first-order chi connectivity index (χ1) is 30.3. The van der Waals surface area contributed by atoms with E-state index in [0.29, 0.717) is 0 Å². The quantitative estimate of drug-likeness (QED) is 0.164. The first kappa shape index (κ1) is 32.0. The van der Waals surface area contributed by atoms with Gasteiger partial charge in [0.1, 0.15) is 23.0 Å². The molecule has 6 heterocycles. The summed E-state index contributed by atoms with van der Waals surface area (Å²) in [5.41, 5.74) is 17.8. The van der Waals surface area contributed by atoms with Crippen LogP contribution in [0.2, 0.25) is 0 Å². The van der Waals surface area contributed by atoms with E-state index in [9.17, 15) is 0 Å². The molecular weight excluding hydrogens is 744 g/mol. The average molecular weight is 775 g/mol. The van der Waals surface area contributed by atoms with Crippen LogP contribution in [0.3, 0.4) is 0 Å². The molecule has 2 aromatic heterocycles. The highest BCUT2D eigenvalue weighted by molar-refractivity contribution is 7.00. The molecule has 9 aromatic carbocycles. The third kappa shape index (κ3) is 3.95. The lowest BCUT2D eigenvalue weighted by Gasteiger charge is -2.40. The first-order valence-electron chi connectivity index (χ1n) is 21.1. The Kier molecular flexibility index (Phi) is 6.00. The van der Waals surface area contributed by atoms with Gasteiger partial charge >= 0.3 is 0 Å². The minimum absolute atomic E-state index is 0.0221. The summed E-state index contributed by atoms with van der Waals surface area (Å²) in [6.45, 7) is 0.0442. The van der Waals surface area contributed by atoms with E-state index in [-0.39, 0.29) is 13.4 Å². The summed E-state index contributed by atoms with van der Waals surface area (Å²) in [7, 11) is 0. The highest BCUT2D eigenvalue weighted by Crippen LogP contribution is 2.49. The summed E-state index contributed by atoms with van der Waals surface area (Å²) in [6, 6.07) is 68.2. The van der Waals surface area contributed by atoms with E-state index in [1.54, 1.807) is 0 Å². The molecule has 0 saturated carbocycles. The van der Waals surface area contributed by atoms with Crippen molar-refractivity contribution in [3.05, 3.63) is 188 Å². The molecule has 0 spiro atoms. The molecule has 280 valence electrons. The molecule has 15 rings (SSSR count). The molecule has 0 N–H and O–H groups in total. The van der Waals surface area contributed by atoms with Crippen molar-refractivity contribution in [1.82, 2.24) is 4.40 Å². The van der Waals surface area contributed by atoms with Crippen LogP contribution >= 0.6 is 0 Å². The molecule has 7 heteroatoms. The summed E-state index contributed by atoms with van der Waals surface area (Å²) in [5.74, 6) is 3.70. The number of hydrogen-bond acceptors (Lipinski definition) is 4. The van der Waals surface area contributed by atoms with Gasteiger partial charge < -0.3 is 23.7 Å². The maximum absolute atomic E-state index is 7.19. The molecule has 0 bridgehead atoms. The van der Waals surface area contributed by atoms with Crippen LogP contribution in [0.5, 0.6) is 23.0 Å². The van der Waals surface area contributed by atoms with Crippen molar-refractivity contribution >= 4 is 118 Å². The number of hydrogen-bond donors (Lipinski definition) is 0. The SMILES string of the molecule is c1ccc(N2c3ccccc3B3c4ccc5c(c4Oc4cccc2c43)c2cccc3c4c6c(ccc4n5c23)B2c3ccccc3N(c3ccccc3)c3cccc(c32)O6)cc1.